The molecule has 7 nitrogen and oxygen atoms in total. The summed E-state index contributed by atoms with van der Waals surface area (Å²) in [7, 11) is 0. The molecule has 158 valence electrons. The van der Waals surface area contributed by atoms with E-state index in [2.05, 4.69) is 15.3 Å². The van der Waals surface area contributed by atoms with Crippen LogP contribution in [0.5, 0.6) is 0 Å². The molecule has 2 aromatic heterocycles. The summed E-state index contributed by atoms with van der Waals surface area (Å²) in [5, 5.41) is 22.0. The van der Waals surface area contributed by atoms with Crippen LogP contribution in [-0.2, 0) is 0 Å². The molecule has 0 aliphatic heterocycles. The number of aromatic nitrogens is 3. The van der Waals surface area contributed by atoms with Gasteiger partial charge in [-0.3, -0.25) is 9.36 Å². The SMILES string of the molecule is O=c1ccc2c(-c3ccccc3)nc(NC(CO)CO)nc2n1-c1c(F)cccc1F. The number of pyridine rings is 1. The second kappa shape index (κ2) is 8.58. The van der Waals surface area contributed by atoms with Crippen LogP contribution in [0.25, 0.3) is 28.0 Å². The molecule has 4 aromatic rings. The number of halogens is 2. The molecule has 4 rings (SSSR count). The van der Waals surface area contributed by atoms with Gasteiger partial charge in [0, 0.05) is 17.0 Å². The third-order valence-corrected chi connectivity index (χ3v) is 4.73. The van der Waals surface area contributed by atoms with Gasteiger partial charge in [0.25, 0.3) is 5.56 Å². The molecule has 0 saturated carbocycles. The second-order valence-electron chi connectivity index (χ2n) is 6.78. The molecule has 0 saturated heterocycles. The molecule has 0 radical (unpaired) electrons. The maximum atomic E-state index is 14.6. The van der Waals surface area contributed by atoms with Crippen molar-refractivity contribution in [2.75, 3.05) is 18.5 Å². The Balaban J connectivity index is 2.08. The zero-order chi connectivity index (χ0) is 22.0. The number of nitrogens with one attached hydrogen (secondary N) is 1. The Kier molecular flexibility index (Phi) is 5.70. The smallest absolute Gasteiger partial charge is 0.256 e. The van der Waals surface area contributed by atoms with Gasteiger partial charge in [-0.15, -0.1) is 0 Å². The molecule has 2 heterocycles. The largest absolute Gasteiger partial charge is 0.394 e. The number of rotatable bonds is 6. The van der Waals surface area contributed by atoms with E-state index >= 15 is 0 Å². The number of benzene rings is 2. The van der Waals surface area contributed by atoms with Gasteiger partial charge in [-0.2, -0.15) is 4.98 Å². The summed E-state index contributed by atoms with van der Waals surface area (Å²) in [6.07, 6.45) is 0. The van der Waals surface area contributed by atoms with Crippen molar-refractivity contribution in [3.05, 3.63) is 82.7 Å². The lowest BCUT2D eigenvalue weighted by Gasteiger charge is -2.17. The standard InChI is InChI=1S/C22H18F2N4O3/c23-16-7-4-8-17(24)20(16)28-18(31)10-9-15-19(13-5-2-1-3-6-13)26-22(27-21(15)28)25-14(11-29)12-30/h1-10,14,29-30H,11-12H2,(H,25,26,27). The fraction of sp³-hybridized carbons (Fsp3) is 0.136. The van der Waals surface area contributed by atoms with E-state index in [1.807, 2.05) is 6.07 Å². The van der Waals surface area contributed by atoms with Crippen LogP contribution in [0, 0.1) is 11.6 Å². The molecule has 0 bridgehead atoms. The topological polar surface area (TPSA) is 100 Å². The van der Waals surface area contributed by atoms with E-state index in [0.717, 1.165) is 16.7 Å². The minimum absolute atomic E-state index is 0.0180. The molecule has 0 amide bonds. The molecule has 9 heteroatoms. The lowest BCUT2D eigenvalue weighted by Crippen LogP contribution is -2.29. The Morgan fingerprint density at radius 3 is 2.23 bits per heavy atom. The predicted octanol–water partition coefficient (Wildman–Crippen LogP) is 2.49. The van der Waals surface area contributed by atoms with Gasteiger partial charge in [0.05, 0.1) is 24.9 Å². The van der Waals surface area contributed by atoms with Crippen LogP contribution in [0.1, 0.15) is 0 Å². The summed E-state index contributed by atoms with van der Waals surface area (Å²) in [6, 6.07) is 14.2. The molecule has 0 aliphatic carbocycles. The van der Waals surface area contributed by atoms with E-state index in [9.17, 15) is 23.8 Å². The van der Waals surface area contributed by atoms with Gasteiger partial charge in [0.2, 0.25) is 5.95 Å². The van der Waals surface area contributed by atoms with Gasteiger partial charge in [0.1, 0.15) is 17.3 Å². The van der Waals surface area contributed by atoms with E-state index in [-0.39, 0.29) is 11.6 Å². The van der Waals surface area contributed by atoms with Crippen molar-refractivity contribution >= 4 is 17.0 Å². The fourth-order valence-electron chi connectivity index (χ4n) is 3.25. The summed E-state index contributed by atoms with van der Waals surface area (Å²) in [5.74, 6) is -1.87. The minimum atomic E-state index is -0.924. The van der Waals surface area contributed by atoms with Crippen LogP contribution in [0.4, 0.5) is 14.7 Å². The van der Waals surface area contributed by atoms with Gasteiger partial charge < -0.3 is 15.5 Å². The highest BCUT2D eigenvalue weighted by molar-refractivity contribution is 5.92. The molecule has 3 N–H and O–H groups in total. The molecule has 0 atom stereocenters. The average molecular weight is 424 g/mol. The van der Waals surface area contributed by atoms with Gasteiger partial charge in [-0.1, -0.05) is 36.4 Å². The molecular weight excluding hydrogens is 406 g/mol. The fourth-order valence-corrected chi connectivity index (χ4v) is 3.25. The Morgan fingerprint density at radius 2 is 1.58 bits per heavy atom. The molecule has 2 aromatic carbocycles. The molecule has 31 heavy (non-hydrogen) atoms. The molecular formula is C22H18F2N4O3. The summed E-state index contributed by atoms with van der Waals surface area (Å²) in [4.78, 5) is 21.5. The third kappa shape index (κ3) is 3.88. The maximum Gasteiger partial charge on any atom is 0.256 e. The Bertz CT molecular complexity index is 1270. The van der Waals surface area contributed by atoms with Crippen molar-refractivity contribution in [2.24, 2.45) is 0 Å². The normalized spacial score (nSPS) is 11.3. The highest BCUT2D eigenvalue weighted by Crippen LogP contribution is 2.29. The molecule has 0 aliphatic rings. The van der Waals surface area contributed by atoms with Gasteiger partial charge in [-0.25, -0.2) is 13.8 Å². The van der Waals surface area contributed by atoms with E-state index < -0.39 is 42.1 Å². The van der Waals surface area contributed by atoms with E-state index in [0.29, 0.717) is 16.6 Å². The van der Waals surface area contributed by atoms with Gasteiger partial charge in [0.15, 0.2) is 5.65 Å². The van der Waals surface area contributed by atoms with Gasteiger partial charge >= 0.3 is 0 Å². The van der Waals surface area contributed by atoms with Crippen LogP contribution in [0.2, 0.25) is 0 Å². The van der Waals surface area contributed by atoms with Crippen LogP contribution in [0.15, 0.2) is 65.5 Å². The molecule has 0 fully saturated rings. The minimum Gasteiger partial charge on any atom is -0.394 e. The van der Waals surface area contributed by atoms with E-state index in [4.69, 9.17) is 0 Å². The van der Waals surface area contributed by atoms with Crippen molar-refractivity contribution in [3.63, 3.8) is 0 Å². The van der Waals surface area contributed by atoms with Crippen molar-refractivity contribution in [1.82, 2.24) is 14.5 Å². The van der Waals surface area contributed by atoms with Crippen LogP contribution < -0.4 is 10.9 Å². The number of anilines is 1. The molecule has 0 unspecified atom stereocenters. The molecule has 0 spiro atoms. The Morgan fingerprint density at radius 1 is 0.903 bits per heavy atom. The number of hydrogen-bond acceptors (Lipinski definition) is 6. The highest BCUT2D eigenvalue weighted by Gasteiger charge is 2.20. The van der Waals surface area contributed by atoms with Gasteiger partial charge in [-0.05, 0) is 18.2 Å². The first-order chi connectivity index (χ1) is 15.0. The van der Waals surface area contributed by atoms with Crippen LogP contribution in [-0.4, -0.2) is 44.0 Å². The Labute approximate surface area is 175 Å². The Hall–Kier alpha value is -3.69. The first-order valence-corrected chi connectivity index (χ1v) is 9.45. The van der Waals surface area contributed by atoms with Crippen molar-refractivity contribution in [3.8, 4) is 16.9 Å². The van der Waals surface area contributed by atoms with Crippen LogP contribution >= 0.6 is 0 Å². The quantitative estimate of drug-likeness (QED) is 0.440. The first kappa shape index (κ1) is 20.6. The summed E-state index contributed by atoms with van der Waals surface area (Å²) >= 11 is 0. The average Bonchev–Trinajstić information content (AvgIpc) is 2.78. The van der Waals surface area contributed by atoms with Crippen LogP contribution in [0.3, 0.4) is 0 Å². The lowest BCUT2D eigenvalue weighted by atomic mass is 10.1. The number of para-hydroxylation sites is 1. The number of fused-ring (bicyclic) bond motifs is 1. The zero-order valence-electron chi connectivity index (χ0n) is 16.2. The number of aliphatic hydroxyl groups excluding tert-OH is 2. The number of aliphatic hydroxyl groups is 2. The van der Waals surface area contributed by atoms with Crippen molar-refractivity contribution < 1.29 is 19.0 Å². The maximum absolute atomic E-state index is 14.6. The monoisotopic (exact) mass is 424 g/mol. The highest BCUT2D eigenvalue weighted by atomic mass is 19.1. The zero-order valence-corrected chi connectivity index (χ0v) is 16.2. The summed E-state index contributed by atoms with van der Waals surface area (Å²) in [6.45, 7) is -0.801. The number of nitrogens with zero attached hydrogens (tertiary/aromatic N) is 3. The summed E-state index contributed by atoms with van der Waals surface area (Å²) in [5.41, 5.74) is -0.166. The number of hydrogen-bond donors (Lipinski definition) is 3. The van der Waals surface area contributed by atoms with Crippen molar-refractivity contribution in [2.45, 2.75) is 6.04 Å². The van der Waals surface area contributed by atoms with E-state index in [1.165, 1.54) is 18.2 Å². The summed E-state index contributed by atoms with van der Waals surface area (Å²) < 4.78 is 30.0. The third-order valence-electron chi connectivity index (χ3n) is 4.73. The first-order valence-electron chi connectivity index (χ1n) is 9.45. The second-order valence-corrected chi connectivity index (χ2v) is 6.78. The van der Waals surface area contributed by atoms with Crippen molar-refractivity contribution in [1.29, 1.82) is 0 Å². The predicted molar refractivity (Wildman–Crippen MR) is 112 cm³/mol. The van der Waals surface area contributed by atoms with E-state index in [1.54, 1.807) is 24.3 Å². The lowest BCUT2D eigenvalue weighted by molar-refractivity contribution is 0.203.